The van der Waals surface area contributed by atoms with E-state index in [2.05, 4.69) is 15.4 Å². The van der Waals surface area contributed by atoms with Crippen LogP contribution >= 0.6 is 0 Å². The van der Waals surface area contributed by atoms with E-state index in [1.54, 1.807) is 6.92 Å². The van der Waals surface area contributed by atoms with Gasteiger partial charge < -0.3 is 14.0 Å². The molecule has 1 aliphatic heterocycles. The molecule has 2 heterocycles. The minimum Gasteiger partial charge on any atom is -0.469 e. The van der Waals surface area contributed by atoms with Crippen molar-refractivity contribution in [3.8, 4) is 11.3 Å². The highest BCUT2D eigenvalue weighted by Gasteiger charge is 2.33. The van der Waals surface area contributed by atoms with E-state index in [-0.39, 0.29) is 11.9 Å². The zero-order chi connectivity index (χ0) is 23.4. The summed E-state index contributed by atoms with van der Waals surface area (Å²) >= 11 is 0. The number of hydrogen-bond donors (Lipinski definition) is 1. The van der Waals surface area contributed by atoms with E-state index in [0.29, 0.717) is 30.2 Å². The number of benzene rings is 2. The van der Waals surface area contributed by atoms with Crippen LogP contribution in [-0.4, -0.2) is 42.3 Å². The lowest BCUT2D eigenvalue weighted by atomic mass is 9.99. The number of hydrogen-bond acceptors (Lipinski definition) is 7. The number of methoxy groups -OCH3 is 1. The summed E-state index contributed by atoms with van der Waals surface area (Å²) < 4.78 is 15.8. The molecule has 1 saturated heterocycles. The maximum Gasteiger partial charge on any atom is 0.412 e. The molecular weight excluding hydrogens is 422 g/mol. The monoisotopic (exact) mass is 449 g/mol. The molecular formula is C25H27N3O5. The molecule has 0 radical (unpaired) electrons. The van der Waals surface area contributed by atoms with Gasteiger partial charge in [0.1, 0.15) is 17.5 Å². The van der Waals surface area contributed by atoms with Gasteiger partial charge in [-0.1, -0.05) is 59.8 Å². The lowest BCUT2D eigenvalue weighted by Crippen LogP contribution is -2.49. The third-order valence-electron chi connectivity index (χ3n) is 5.76. The lowest BCUT2D eigenvalue weighted by molar-refractivity contribution is -0.151. The normalized spacial score (nSPS) is 14.9. The lowest BCUT2D eigenvalue weighted by Gasteiger charge is -2.37. The average Bonchev–Trinajstić information content (AvgIpc) is 3.16. The molecule has 4 rings (SSSR count). The van der Waals surface area contributed by atoms with E-state index in [1.165, 1.54) is 7.11 Å². The second-order valence-electron chi connectivity index (χ2n) is 8.17. The van der Waals surface area contributed by atoms with Gasteiger partial charge in [-0.05, 0) is 25.0 Å². The number of carbonyl (C=O) groups excluding carboxylic acids is 2. The fraction of sp³-hybridized carbons (Fsp3) is 0.320. The van der Waals surface area contributed by atoms with Crippen molar-refractivity contribution in [3.05, 3.63) is 71.4 Å². The summed E-state index contributed by atoms with van der Waals surface area (Å²) in [6.07, 6.45) is -0.970. The van der Waals surface area contributed by atoms with Gasteiger partial charge in [-0.25, -0.2) is 4.79 Å². The number of aryl methyl sites for hydroxylation is 1. The highest BCUT2D eigenvalue weighted by molar-refractivity contribution is 5.90. The van der Waals surface area contributed by atoms with Gasteiger partial charge in [0.05, 0.1) is 13.0 Å². The largest absolute Gasteiger partial charge is 0.469 e. The van der Waals surface area contributed by atoms with Gasteiger partial charge in [0.2, 0.25) is 0 Å². The van der Waals surface area contributed by atoms with Crippen molar-refractivity contribution in [2.24, 2.45) is 5.92 Å². The summed E-state index contributed by atoms with van der Waals surface area (Å²) in [5, 5.41) is 6.79. The van der Waals surface area contributed by atoms with Crippen LogP contribution in [0.15, 0.2) is 59.1 Å². The number of anilines is 1. The van der Waals surface area contributed by atoms with Crippen molar-refractivity contribution in [1.29, 1.82) is 0 Å². The third kappa shape index (κ3) is 5.23. The van der Waals surface area contributed by atoms with E-state index in [1.807, 2.05) is 61.5 Å². The van der Waals surface area contributed by atoms with Gasteiger partial charge in [-0.2, -0.15) is 0 Å². The smallest absolute Gasteiger partial charge is 0.412 e. The minimum atomic E-state index is -0.575. The van der Waals surface area contributed by atoms with Crippen molar-refractivity contribution in [2.45, 2.75) is 26.5 Å². The topological polar surface area (TPSA) is 93.9 Å². The second kappa shape index (κ2) is 9.87. The molecule has 1 aliphatic rings. The zero-order valence-corrected chi connectivity index (χ0v) is 18.9. The number of nitrogens with zero attached hydrogens (tertiary/aromatic N) is 2. The summed E-state index contributed by atoms with van der Waals surface area (Å²) in [6.45, 7) is 5.73. The van der Waals surface area contributed by atoms with Crippen LogP contribution < -0.4 is 5.32 Å². The number of rotatable bonds is 7. The summed E-state index contributed by atoms with van der Waals surface area (Å²) in [5.41, 5.74) is 3.86. The van der Waals surface area contributed by atoms with Crippen LogP contribution in [0.5, 0.6) is 0 Å². The molecule has 8 heteroatoms. The SMILES string of the molecule is COC(=O)C1CN(Cc2ccc(-c3onc(C)c3NC(=O)O[C@H](C)c3ccccc3)cc2)C1. The maximum absolute atomic E-state index is 12.5. The maximum atomic E-state index is 12.5. The van der Waals surface area contributed by atoms with E-state index < -0.39 is 12.2 Å². The summed E-state index contributed by atoms with van der Waals surface area (Å²) in [5.74, 6) is 0.279. The van der Waals surface area contributed by atoms with Gasteiger partial charge in [0, 0.05) is 25.2 Å². The number of amides is 1. The van der Waals surface area contributed by atoms with E-state index in [0.717, 1.165) is 23.2 Å². The first-order valence-corrected chi connectivity index (χ1v) is 10.8. The first-order valence-electron chi connectivity index (χ1n) is 10.8. The fourth-order valence-corrected chi connectivity index (χ4v) is 3.83. The molecule has 1 fully saturated rings. The first kappa shape index (κ1) is 22.5. The highest BCUT2D eigenvalue weighted by atomic mass is 16.6. The Hall–Kier alpha value is -3.65. The van der Waals surface area contributed by atoms with Crippen molar-refractivity contribution < 1.29 is 23.6 Å². The number of nitrogens with one attached hydrogen (secondary N) is 1. The van der Waals surface area contributed by atoms with Crippen molar-refractivity contribution in [2.75, 3.05) is 25.5 Å². The Balaban J connectivity index is 1.38. The molecule has 0 spiro atoms. The molecule has 2 aromatic carbocycles. The van der Waals surface area contributed by atoms with Gasteiger partial charge in [0.25, 0.3) is 0 Å². The van der Waals surface area contributed by atoms with Gasteiger partial charge in [-0.3, -0.25) is 15.0 Å². The Bertz CT molecular complexity index is 1100. The van der Waals surface area contributed by atoms with Crippen molar-refractivity contribution in [1.82, 2.24) is 10.1 Å². The second-order valence-corrected chi connectivity index (χ2v) is 8.17. The molecule has 8 nitrogen and oxygen atoms in total. The summed E-state index contributed by atoms with van der Waals surface area (Å²) in [7, 11) is 1.42. The number of likely N-dealkylation sites (tertiary alicyclic amines) is 1. The fourth-order valence-electron chi connectivity index (χ4n) is 3.83. The average molecular weight is 450 g/mol. The van der Waals surface area contributed by atoms with Crippen LogP contribution in [-0.2, 0) is 20.8 Å². The molecule has 0 bridgehead atoms. The molecule has 3 aromatic rings. The number of carbonyl (C=O) groups is 2. The molecule has 172 valence electrons. The van der Waals surface area contributed by atoms with Gasteiger partial charge >= 0.3 is 12.1 Å². The predicted octanol–water partition coefficient (Wildman–Crippen LogP) is 4.56. The quantitative estimate of drug-likeness (QED) is 0.528. The van der Waals surface area contributed by atoms with Crippen LogP contribution in [0.2, 0.25) is 0 Å². The Kier molecular flexibility index (Phi) is 6.74. The Morgan fingerprint density at radius 2 is 1.85 bits per heavy atom. The third-order valence-corrected chi connectivity index (χ3v) is 5.76. The van der Waals surface area contributed by atoms with E-state index in [4.69, 9.17) is 14.0 Å². The highest BCUT2D eigenvalue weighted by Crippen LogP contribution is 2.32. The van der Waals surface area contributed by atoms with Gasteiger partial charge in [0.15, 0.2) is 5.76 Å². The van der Waals surface area contributed by atoms with Crippen LogP contribution in [0.3, 0.4) is 0 Å². The molecule has 1 N–H and O–H groups in total. The molecule has 0 unspecified atom stereocenters. The van der Waals surface area contributed by atoms with Crippen LogP contribution in [0.1, 0.15) is 29.8 Å². The summed E-state index contributed by atoms with van der Waals surface area (Å²) in [4.78, 5) is 26.2. The number of ether oxygens (including phenoxy) is 2. The molecule has 1 aromatic heterocycles. The Morgan fingerprint density at radius 1 is 1.15 bits per heavy atom. The predicted molar refractivity (Wildman–Crippen MR) is 122 cm³/mol. The van der Waals surface area contributed by atoms with Crippen molar-refractivity contribution in [3.63, 3.8) is 0 Å². The standard InChI is InChI=1S/C25H27N3O5/c1-16-22(26-25(30)32-17(2)19-7-5-4-6-8-19)23(33-27-16)20-11-9-18(10-12-20)13-28-14-21(15-28)24(29)31-3/h4-12,17,21H,13-15H2,1-3H3,(H,26,30)/t17-/m1/s1. The van der Waals surface area contributed by atoms with Gasteiger partial charge in [-0.15, -0.1) is 0 Å². The molecule has 1 atom stereocenters. The van der Waals surface area contributed by atoms with Crippen molar-refractivity contribution >= 4 is 17.7 Å². The molecule has 1 amide bonds. The van der Waals surface area contributed by atoms with Crippen LogP contribution in [0, 0.1) is 12.8 Å². The molecule has 0 saturated carbocycles. The van der Waals surface area contributed by atoms with E-state index in [9.17, 15) is 9.59 Å². The summed E-state index contributed by atoms with van der Waals surface area (Å²) in [6, 6.07) is 17.4. The number of aromatic nitrogens is 1. The Morgan fingerprint density at radius 3 is 2.52 bits per heavy atom. The number of esters is 1. The minimum absolute atomic E-state index is 0.0376. The van der Waals surface area contributed by atoms with Crippen LogP contribution in [0.4, 0.5) is 10.5 Å². The molecule has 33 heavy (non-hydrogen) atoms. The van der Waals surface area contributed by atoms with Crippen LogP contribution in [0.25, 0.3) is 11.3 Å². The Labute approximate surface area is 192 Å². The van der Waals surface area contributed by atoms with E-state index >= 15 is 0 Å². The zero-order valence-electron chi connectivity index (χ0n) is 18.9. The first-order chi connectivity index (χ1) is 15.9. The molecule has 0 aliphatic carbocycles.